The molecule has 0 atom stereocenters. The lowest BCUT2D eigenvalue weighted by Crippen LogP contribution is -2.27. The lowest BCUT2D eigenvalue weighted by atomic mass is 10.1. The van der Waals surface area contributed by atoms with Gasteiger partial charge in [-0.05, 0) is 49.6 Å². The first kappa shape index (κ1) is 21.1. The van der Waals surface area contributed by atoms with Crippen molar-refractivity contribution in [1.29, 1.82) is 0 Å². The third-order valence-electron chi connectivity index (χ3n) is 5.00. The third-order valence-corrected chi connectivity index (χ3v) is 5.94. The number of fused-ring (bicyclic) bond motifs is 1. The molecule has 0 unspecified atom stereocenters. The summed E-state index contributed by atoms with van der Waals surface area (Å²) in [6.45, 7) is 6.84. The first-order chi connectivity index (χ1) is 14.0. The van der Waals surface area contributed by atoms with Crippen LogP contribution >= 0.6 is 11.8 Å². The predicted octanol–water partition coefficient (Wildman–Crippen LogP) is 4.40. The van der Waals surface area contributed by atoms with Crippen LogP contribution in [0.1, 0.15) is 37.3 Å². The molecule has 2 aromatic carbocycles. The Kier molecular flexibility index (Phi) is 7.09. The summed E-state index contributed by atoms with van der Waals surface area (Å²) in [7, 11) is 0. The van der Waals surface area contributed by atoms with E-state index in [-0.39, 0.29) is 17.2 Å². The summed E-state index contributed by atoms with van der Waals surface area (Å²) in [4.78, 5) is 30.3. The van der Waals surface area contributed by atoms with Gasteiger partial charge in [0.15, 0.2) is 5.16 Å². The molecule has 1 N–H and O–H groups in total. The number of rotatable bonds is 8. The highest BCUT2D eigenvalue weighted by molar-refractivity contribution is 7.99. The number of amides is 1. The summed E-state index contributed by atoms with van der Waals surface area (Å²) in [6.07, 6.45) is 3.20. The Morgan fingerprint density at radius 2 is 1.90 bits per heavy atom. The van der Waals surface area contributed by atoms with Crippen molar-refractivity contribution in [2.45, 2.75) is 45.2 Å². The van der Waals surface area contributed by atoms with Gasteiger partial charge in [0.2, 0.25) is 5.91 Å². The maximum atomic E-state index is 13.3. The molecule has 152 valence electrons. The minimum Gasteiger partial charge on any atom is -0.355 e. The van der Waals surface area contributed by atoms with E-state index in [2.05, 4.69) is 12.2 Å². The molecule has 0 bridgehead atoms. The Morgan fingerprint density at radius 3 is 2.69 bits per heavy atom. The standard InChI is InChI=1S/C23H27N3O2S/c1-4-5-8-14-24-21(27)15-29-23-25-19-12-7-6-11-18(19)22(28)26(23)20-13-9-10-16(2)17(20)3/h6-7,9-13H,4-5,8,14-15H2,1-3H3,(H,24,27). The number of carbonyl (C=O) groups excluding carboxylic acids is 1. The molecule has 0 aliphatic heterocycles. The van der Waals surface area contributed by atoms with Gasteiger partial charge in [0.05, 0.1) is 22.3 Å². The van der Waals surface area contributed by atoms with Crippen LogP contribution in [0.25, 0.3) is 16.6 Å². The minimum absolute atomic E-state index is 0.0407. The van der Waals surface area contributed by atoms with Crippen molar-refractivity contribution in [2.75, 3.05) is 12.3 Å². The fraction of sp³-hybridized carbons (Fsp3) is 0.348. The smallest absolute Gasteiger partial charge is 0.266 e. The van der Waals surface area contributed by atoms with E-state index in [0.29, 0.717) is 22.6 Å². The molecule has 0 spiro atoms. The number of aryl methyl sites for hydroxylation is 1. The average Bonchev–Trinajstić information content (AvgIpc) is 2.72. The van der Waals surface area contributed by atoms with Crippen LogP contribution in [0.4, 0.5) is 0 Å². The number of aromatic nitrogens is 2. The fourth-order valence-electron chi connectivity index (χ4n) is 3.18. The number of carbonyl (C=O) groups is 1. The molecule has 29 heavy (non-hydrogen) atoms. The van der Waals surface area contributed by atoms with Crippen LogP contribution in [0.2, 0.25) is 0 Å². The zero-order valence-corrected chi connectivity index (χ0v) is 18.0. The van der Waals surface area contributed by atoms with Crippen molar-refractivity contribution in [2.24, 2.45) is 0 Å². The topological polar surface area (TPSA) is 64.0 Å². The monoisotopic (exact) mass is 409 g/mol. The number of hydrogen-bond acceptors (Lipinski definition) is 4. The van der Waals surface area contributed by atoms with Gasteiger partial charge >= 0.3 is 0 Å². The maximum Gasteiger partial charge on any atom is 0.266 e. The zero-order chi connectivity index (χ0) is 20.8. The van der Waals surface area contributed by atoms with Gasteiger partial charge < -0.3 is 5.32 Å². The molecule has 0 aliphatic rings. The molecular weight excluding hydrogens is 382 g/mol. The Hall–Kier alpha value is -2.60. The predicted molar refractivity (Wildman–Crippen MR) is 120 cm³/mol. The Balaban J connectivity index is 1.96. The molecule has 5 nitrogen and oxygen atoms in total. The summed E-state index contributed by atoms with van der Waals surface area (Å²) >= 11 is 1.30. The van der Waals surface area contributed by atoms with E-state index in [1.54, 1.807) is 10.6 Å². The first-order valence-electron chi connectivity index (χ1n) is 10.0. The second-order valence-electron chi connectivity index (χ2n) is 7.12. The van der Waals surface area contributed by atoms with E-state index in [0.717, 1.165) is 36.1 Å². The van der Waals surface area contributed by atoms with Gasteiger partial charge in [0.25, 0.3) is 5.56 Å². The molecule has 0 saturated carbocycles. The van der Waals surface area contributed by atoms with Crippen molar-refractivity contribution >= 4 is 28.6 Å². The molecule has 0 radical (unpaired) electrons. The van der Waals surface area contributed by atoms with Gasteiger partial charge in [-0.15, -0.1) is 0 Å². The van der Waals surface area contributed by atoms with Gasteiger partial charge in [-0.3, -0.25) is 14.2 Å². The average molecular weight is 410 g/mol. The molecule has 0 saturated heterocycles. The van der Waals surface area contributed by atoms with Gasteiger partial charge in [-0.1, -0.05) is 55.8 Å². The van der Waals surface area contributed by atoms with Crippen LogP contribution in [-0.2, 0) is 4.79 Å². The molecule has 1 heterocycles. The third kappa shape index (κ3) is 4.88. The summed E-state index contributed by atoms with van der Waals surface area (Å²) < 4.78 is 1.64. The van der Waals surface area contributed by atoms with E-state index in [1.807, 2.05) is 50.2 Å². The fourth-order valence-corrected chi connectivity index (χ4v) is 4.02. The number of hydrogen-bond donors (Lipinski definition) is 1. The van der Waals surface area contributed by atoms with Gasteiger partial charge in [-0.25, -0.2) is 4.98 Å². The number of nitrogens with one attached hydrogen (secondary N) is 1. The lowest BCUT2D eigenvalue weighted by Gasteiger charge is -2.16. The quantitative estimate of drug-likeness (QED) is 0.340. The van der Waals surface area contributed by atoms with E-state index in [1.165, 1.54) is 11.8 Å². The molecule has 3 rings (SSSR count). The Labute approximate surface area is 175 Å². The lowest BCUT2D eigenvalue weighted by molar-refractivity contribution is -0.118. The highest BCUT2D eigenvalue weighted by Crippen LogP contribution is 2.24. The molecule has 1 aromatic heterocycles. The number of benzene rings is 2. The summed E-state index contributed by atoms with van der Waals surface area (Å²) in [5.74, 6) is 0.183. The van der Waals surface area contributed by atoms with Gasteiger partial charge in [0.1, 0.15) is 0 Å². The highest BCUT2D eigenvalue weighted by Gasteiger charge is 2.16. The SMILES string of the molecule is CCCCCNC(=O)CSc1nc2ccccc2c(=O)n1-c1cccc(C)c1C. The molecular formula is C23H27N3O2S. The zero-order valence-electron chi connectivity index (χ0n) is 17.2. The van der Waals surface area contributed by atoms with E-state index < -0.39 is 0 Å². The van der Waals surface area contributed by atoms with E-state index >= 15 is 0 Å². The van der Waals surface area contributed by atoms with Gasteiger partial charge in [0, 0.05) is 6.54 Å². The first-order valence-corrected chi connectivity index (χ1v) is 11.0. The van der Waals surface area contributed by atoms with Gasteiger partial charge in [-0.2, -0.15) is 0 Å². The summed E-state index contributed by atoms with van der Waals surface area (Å²) in [5, 5.41) is 4.05. The number of thioether (sulfide) groups is 1. The van der Waals surface area contributed by atoms with Crippen LogP contribution in [0.5, 0.6) is 0 Å². The second kappa shape index (κ2) is 9.74. The summed E-state index contributed by atoms with van der Waals surface area (Å²) in [6, 6.07) is 13.2. The largest absolute Gasteiger partial charge is 0.355 e. The number of unbranched alkanes of at least 4 members (excludes halogenated alkanes) is 2. The van der Waals surface area contributed by atoms with Crippen LogP contribution in [0.3, 0.4) is 0 Å². The van der Waals surface area contributed by atoms with Crippen LogP contribution in [0, 0.1) is 13.8 Å². The minimum atomic E-state index is -0.116. The molecule has 1 amide bonds. The normalized spacial score (nSPS) is 11.0. The number of para-hydroxylation sites is 1. The Bertz CT molecular complexity index is 1080. The second-order valence-corrected chi connectivity index (χ2v) is 8.06. The van der Waals surface area contributed by atoms with Crippen molar-refractivity contribution in [1.82, 2.24) is 14.9 Å². The van der Waals surface area contributed by atoms with Crippen LogP contribution < -0.4 is 10.9 Å². The number of nitrogens with zero attached hydrogens (tertiary/aromatic N) is 2. The highest BCUT2D eigenvalue weighted by atomic mass is 32.2. The van der Waals surface area contributed by atoms with Crippen LogP contribution in [0.15, 0.2) is 52.4 Å². The Morgan fingerprint density at radius 1 is 1.10 bits per heavy atom. The van der Waals surface area contributed by atoms with E-state index in [9.17, 15) is 9.59 Å². The van der Waals surface area contributed by atoms with Crippen LogP contribution in [-0.4, -0.2) is 27.8 Å². The van der Waals surface area contributed by atoms with Crippen molar-refractivity contribution < 1.29 is 4.79 Å². The molecule has 3 aromatic rings. The molecule has 6 heteroatoms. The maximum absolute atomic E-state index is 13.3. The summed E-state index contributed by atoms with van der Waals surface area (Å²) in [5.41, 5.74) is 3.46. The van der Waals surface area contributed by atoms with E-state index in [4.69, 9.17) is 4.98 Å². The molecule has 0 fully saturated rings. The molecule has 0 aliphatic carbocycles. The van der Waals surface area contributed by atoms with Crippen molar-refractivity contribution in [3.8, 4) is 5.69 Å². The van der Waals surface area contributed by atoms with Crippen molar-refractivity contribution in [3.63, 3.8) is 0 Å². The van der Waals surface area contributed by atoms with Crippen molar-refractivity contribution in [3.05, 3.63) is 63.9 Å².